The Morgan fingerprint density at radius 3 is 2.45 bits per heavy atom. The Labute approximate surface area is 125 Å². The van der Waals surface area contributed by atoms with Crippen molar-refractivity contribution in [3.05, 3.63) is 39.2 Å². The van der Waals surface area contributed by atoms with Gasteiger partial charge in [-0.15, -0.1) is 0 Å². The highest BCUT2D eigenvalue weighted by Gasteiger charge is 2.31. The first-order valence-corrected chi connectivity index (χ1v) is 6.78. The lowest BCUT2D eigenvalue weighted by Gasteiger charge is -2.30. The molecule has 7 nitrogen and oxygen atoms in total. The van der Waals surface area contributed by atoms with Gasteiger partial charge in [-0.3, -0.25) is 19.7 Å². The van der Waals surface area contributed by atoms with E-state index in [-0.39, 0.29) is 37.1 Å². The van der Waals surface area contributed by atoms with Gasteiger partial charge in [-0.2, -0.15) is 0 Å². The van der Waals surface area contributed by atoms with Crippen molar-refractivity contribution in [1.29, 1.82) is 0 Å². The van der Waals surface area contributed by atoms with Crippen LogP contribution in [0.1, 0.15) is 28.8 Å². The van der Waals surface area contributed by atoms with Crippen molar-refractivity contribution in [2.75, 3.05) is 13.1 Å². The number of amides is 1. The standard InChI is InChI=1S/C14H15FN2O5/c1-8-6-10(15)7-11(12(8)17(21)22)13(18)16-4-2-9(3-5-16)14(19)20/h6-7,9H,2-5H2,1H3,(H,19,20). The van der Waals surface area contributed by atoms with Gasteiger partial charge in [0.1, 0.15) is 11.4 Å². The fraction of sp³-hybridized carbons (Fsp3) is 0.429. The Hall–Kier alpha value is -2.51. The number of rotatable bonds is 3. The summed E-state index contributed by atoms with van der Waals surface area (Å²) in [6.07, 6.45) is 0.562. The quantitative estimate of drug-likeness (QED) is 0.679. The molecule has 1 N–H and O–H groups in total. The highest BCUT2D eigenvalue weighted by Crippen LogP contribution is 2.27. The van der Waals surface area contributed by atoms with Crippen LogP contribution < -0.4 is 0 Å². The Kier molecular flexibility index (Phi) is 4.39. The number of carboxylic acid groups (broad SMARTS) is 1. The smallest absolute Gasteiger partial charge is 0.306 e. The number of hydrogen-bond donors (Lipinski definition) is 1. The van der Waals surface area contributed by atoms with Crippen LogP contribution in [0.25, 0.3) is 0 Å². The Bertz CT molecular complexity index is 638. The van der Waals surface area contributed by atoms with Crippen LogP contribution in [0.2, 0.25) is 0 Å². The molecule has 1 amide bonds. The van der Waals surface area contributed by atoms with Gasteiger partial charge in [-0.25, -0.2) is 4.39 Å². The van der Waals surface area contributed by atoms with E-state index < -0.39 is 34.2 Å². The normalized spacial score (nSPS) is 15.6. The summed E-state index contributed by atoms with van der Waals surface area (Å²) >= 11 is 0. The maximum atomic E-state index is 13.5. The molecule has 118 valence electrons. The van der Waals surface area contributed by atoms with E-state index in [4.69, 9.17) is 5.11 Å². The summed E-state index contributed by atoms with van der Waals surface area (Å²) in [6, 6.07) is 1.86. The van der Waals surface area contributed by atoms with E-state index in [0.29, 0.717) is 0 Å². The van der Waals surface area contributed by atoms with Crippen molar-refractivity contribution < 1.29 is 24.0 Å². The van der Waals surface area contributed by atoms with Gasteiger partial charge in [0, 0.05) is 18.7 Å². The van der Waals surface area contributed by atoms with Crippen LogP contribution in [0.15, 0.2) is 12.1 Å². The average molecular weight is 310 g/mol. The number of nitrogens with zero attached hydrogens (tertiary/aromatic N) is 2. The summed E-state index contributed by atoms with van der Waals surface area (Å²) < 4.78 is 13.5. The predicted molar refractivity (Wildman–Crippen MR) is 74.1 cm³/mol. The zero-order chi connectivity index (χ0) is 16.4. The van der Waals surface area contributed by atoms with Crippen molar-refractivity contribution in [3.8, 4) is 0 Å². The summed E-state index contributed by atoms with van der Waals surface area (Å²) in [5.41, 5.74) is -0.628. The van der Waals surface area contributed by atoms with Crippen LogP contribution in [0.5, 0.6) is 0 Å². The highest BCUT2D eigenvalue weighted by molar-refractivity contribution is 5.98. The number of benzene rings is 1. The third-order valence-electron chi connectivity index (χ3n) is 3.81. The zero-order valence-electron chi connectivity index (χ0n) is 11.9. The molecule has 0 radical (unpaired) electrons. The number of likely N-dealkylation sites (tertiary alicyclic amines) is 1. The largest absolute Gasteiger partial charge is 0.481 e. The molecule has 1 aromatic carbocycles. The molecular weight excluding hydrogens is 295 g/mol. The SMILES string of the molecule is Cc1cc(F)cc(C(=O)N2CCC(C(=O)O)CC2)c1[N+](=O)[O-]. The van der Waals surface area contributed by atoms with Crippen molar-refractivity contribution in [3.63, 3.8) is 0 Å². The number of carbonyl (C=O) groups is 2. The Balaban J connectivity index is 2.27. The first-order valence-electron chi connectivity index (χ1n) is 6.78. The number of aliphatic carboxylic acids is 1. The maximum absolute atomic E-state index is 13.5. The van der Waals surface area contributed by atoms with Crippen LogP contribution in [-0.4, -0.2) is 39.9 Å². The molecule has 1 aliphatic heterocycles. The van der Waals surface area contributed by atoms with Crippen LogP contribution in [0, 0.1) is 28.8 Å². The van der Waals surface area contributed by atoms with Crippen LogP contribution in [0.4, 0.5) is 10.1 Å². The van der Waals surface area contributed by atoms with E-state index in [1.165, 1.54) is 11.8 Å². The number of piperidine rings is 1. The lowest BCUT2D eigenvalue weighted by Crippen LogP contribution is -2.40. The van der Waals surface area contributed by atoms with Crippen molar-refractivity contribution in [1.82, 2.24) is 4.90 Å². The monoisotopic (exact) mass is 310 g/mol. The zero-order valence-corrected chi connectivity index (χ0v) is 11.9. The molecule has 1 heterocycles. The minimum absolute atomic E-state index is 0.0776. The second-order valence-corrected chi connectivity index (χ2v) is 5.28. The number of carboxylic acids is 1. The molecule has 2 rings (SSSR count). The first-order chi connectivity index (χ1) is 10.3. The molecule has 0 unspecified atom stereocenters. The summed E-state index contributed by atoms with van der Waals surface area (Å²) in [5, 5.41) is 20.0. The Morgan fingerprint density at radius 2 is 1.95 bits per heavy atom. The molecule has 1 aliphatic rings. The summed E-state index contributed by atoms with van der Waals surface area (Å²) in [4.78, 5) is 35.1. The molecule has 8 heteroatoms. The minimum atomic E-state index is -0.917. The van der Waals surface area contributed by atoms with E-state index in [1.54, 1.807) is 0 Å². The van der Waals surface area contributed by atoms with Gasteiger partial charge in [0.25, 0.3) is 11.6 Å². The predicted octanol–water partition coefficient (Wildman–Crippen LogP) is 1.98. The maximum Gasteiger partial charge on any atom is 0.306 e. The van der Waals surface area contributed by atoms with Gasteiger partial charge in [-0.1, -0.05) is 0 Å². The number of hydrogen-bond acceptors (Lipinski definition) is 4. The second kappa shape index (κ2) is 6.08. The summed E-state index contributed by atoms with van der Waals surface area (Å²) in [6.45, 7) is 1.74. The molecule has 0 spiro atoms. The molecule has 22 heavy (non-hydrogen) atoms. The van der Waals surface area contributed by atoms with E-state index in [2.05, 4.69) is 0 Å². The summed E-state index contributed by atoms with van der Waals surface area (Å²) in [5.74, 6) is -2.79. The number of halogens is 1. The fourth-order valence-corrected chi connectivity index (χ4v) is 2.64. The third kappa shape index (κ3) is 3.05. The molecule has 1 saturated heterocycles. The molecule has 0 saturated carbocycles. The molecule has 1 aromatic rings. The van der Waals surface area contributed by atoms with Gasteiger partial charge in [0.05, 0.1) is 10.8 Å². The average Bonchev–Trinajstić information content (AvgIpc) is 2.45. The molecule has 0 atom stereocenters. The second-order valence-electron chi connectivity index (χ2n) is 5.28. The molecule has 0 aromatic heterocycles. The topological polar surface area (TPSA) is 101 Å². The van der Waals surface area contributed by atoms with E-state index >= 15 is 0 Å². The van der Waals surface area contributed by atoms with Gasteiger partial charge >= 0.3 is 5.97 Å². The molecule has 0 bridgehead atoms. The lowest BCUT2D eigenvalue weighted by molar-refractivity contribution is -0.385. The molecule has 1 fully saturated rings. The van der Waals surface area contributed by atoms with Gasteiger partial charge in [0.15, 0.2) is 0 Å². The van der Waals surface area contributed by atoms with Gasteiger partial charge in [-0.05, 0) is 31.9 Å². The van der Waals surface area contributed by atoms with Crippen molar-refractivity contribution >= 4 is 17.6 Å². The van der Waals surface area contributed by atoms with Gasteiger partial charge < -0.3 is 10.0 Å². The van der Waals surface area contributed by atoms with Crippen LogP contribution >= 0.6 is 0 Å². The fourth-order valence-electron chi connectivity index (χ4n) is 2.64. The number of aryl methyl sites for hydroxylation is 1. The van der Waals surface area contributed by atoms with Gasteiger partial charge in [0.2, 0.25) is 0 Å². The van der Waals surface area contributed by atoms with E-state index in [0.717, 1.165) is 12.1 Å². The number of carbonyl (C=O) groups excluding carboxylic acids is 1. The lowest BCUT2D eigenvalue weighted by atomic mass is 9.96. The minimum Gasteiger partial charge on any atom is -0.481 e. The third-order valence-corrected chi connectivity index (χ3v) is 3.81. The van der Waals surface area contributed by atoms with Crippen LogP contribution in [0.3, 0.4) is 0 Å². The summed E-state index contributed by atoms with van der Waals surface area (Å²) in [7, 11) is 0. The van der Waals surface area contributed by atoms with Crippen molar-refractivity contribution in [2.45, 2.75) is 19.8 Å². The van der Waals surface area contributed by atoms with E-state index in [9.17, 15) is 24.1 Å². The number of nitro groups is 1. The number of nitro benzene ring substituents is 1. The van der Waals surface area contributed by atoms with Crippen molar-refractivity contribution in [2.24, 2.45) is 5.92 Å². The highest BCUT2D eigenvalue weighted by atomic mass is 19.1. The Morgan fingerprint density at radius 1 is 1.36 bits per heavy atom. The van der Waals surface area contributed by atoms with E-state index in [1.807, 2.05) is 0 Å². The first kappa shape index (κ1) is 15.9. The molecule has 0 aliphatic carbocycles. The molecular formula is C14H15FN2O5. The van der Waals surface area contributed by atoms with Crippen LogP contribution in [-0.2, 0) is 4.79 Å².